The van der Waals surface area contributed by atoms with Crippen molar-refractivity contribution in [1.82, 2.24) is 20.9 Å². The summed E-state index contributed by atoms with van der Waals surface area (Å²) in [6.07, 6.45) is 0.436. The number of halogens is 1. The molecule has 1 aromatic carbocycles. The smallest absolute Gasteiger partial charge is 0.303 e. The fraction of sp³-hybridized carbons (Fsp3) is 0.649. The SMILES string of the molecule is C.C.CCC(C)/C=C/[C@@H](OC(C)=O)[C@H](OC(C)=O)[C@@H](OC(C)=O)[C@@H](OC)C(=O)N[C@H]1CCCCN(Cc2ccc(F)cc2)C1=O.CCC(C)/C=C/[C@@H](OC(C)=O)[C@H](OC(C)=O)[C@@H](OC(C)=O)[C@@H](OC)C(=O)N[C@H]1CCCCNC1=O. The average molecular weight is 1140 g/mol. The van der Waals surface area contributed by atoms with E-state index in [0.29, 0.717) is 38.8 Å². The monoisotopic (exact) mass is 1140 g/mol. The van der Waals surface area contributed by atoms with Crippen molar-refractivity contribution in [2.75, 3.05) is 27.3 Å². The van der Waals surface area contributed by atoms with E-state index in [-0.39, 0.29) is 50.9 Å². The second-order valence-corrected chi connectivity index (χ2v) is 19.1. The van der Waals surface area contributed by atoms with Crippen LogP contribution in [0.1, 0.15) is 141 Å². The number of hydrogen-bond donors (Lipinski definition) is 3. The molecule has 0 saturated carbocycles. The third-order valence-electron chi connectivity index (χ3n) is 12.5. The Hall–Kier alpha value is -6.75. The number of benzene rings is 1. The van der Waals surface area contributed by atoms with Gasteiger partial charge in [0.2, 0.25) is 11.8 Å². The second kappa shape index (κ2) is 38.0. The molecule has 2 unspecified atom stereocenters. The number of carbonyl (C=O) groups is 10. The highest BCUT2D eigenvalue weighted by Crippen LogP contribution is 2.24. The molecule has 452 valence electrons. The summed E-state index contributed by atoms with van der Waals surface area (Å²) in [6, 6.07) is 4.09. The maximum absolute atomic E-state index is 13.7. The summed E-state index contributed by atoms with van der Waals surface area (Å²) in [5.74, 6) is -6.88. The third-order valence-corrected chi connectivity index (χ3v) is 12.5. The van der Waals surface area contributed by atoms with Crippen molar-refractivity contribution >= 4 is 59.4 Å². The summed E-state index contributed by atoms with van der Waals surface area (Å²) in [5.41, 5.74) is 0.734. The normalized spacial score (nSPS) is 19.1. The molecule has 1 aromatic rings. The fourth-order valence-electron chi connectivity index (χ4n) is 8.27. The van der Waals surface area contributed by atoms with Crippen LogP contribution in [0.4, 0.5) is 4.39 Å². The van der Waals surface area contributed by atoms with Gasteiger partial charge in [0.05, 0.1) is 0 Å². The highest BCUT2D eigenvalue weighted by molar-refractivity contribution is 5.91. The molecule has 4 amide bonds. The quantitative estimate of drug-likeness (QED) is 0.0570. The Morgan fingerprint density at radius 2 is 0.975 bits per heavy atom. The Kier molecular flexibility index (Phi) is 34.8. The van der Waals surface area contributed by atoms with E-state index in [2.05, 4.69) is 16.0 Å². The van der Waals surface area contributed by atoms with Crippen LogP contribution in [0.25, 0.3) is 0 Å². The molecule has 0 aliphatic carbocycles. The molecule has 0 aromatic heterocycles. The molecule has 2 aliphatic rings. The highest BCUT2D eigenvalue weighted by atomic mass is 19.1. The van der Waals surface area contributed by atoms with E-state index in [4.69, 9.17) is 37.9 Å². The molecule has 2 aliphatic heterocycles. The van der Waals surface area contributed by atoms with Gasteiger partial charge in [-0.3, -0.25) is 47.9 Å². The van der Waals surface area contributed by atoms with Crippen molar-refractivity contribution in [3.63, 3.8) is 0 Å². The van der Waals surface area contributed by atoms with Crippen LogP contribution < -0.4 is 16.0 Å². The number of allylic oxidation sites excluding steroid dienone is 2. The van der Waals surface area contributed by atoms with E-state index in [0.717, 1.165) is 58.9 Å². The second-order valence-electron chi connectivity index (χ2n) is 19.1. The third kappa shape index (κ3) is 26.0. The number of amides is 4. The molecule has 0 bridgehead atoms. The number of esters is 6. The van der Waals surface area contributed by atoms with E-state index in [9.17, 15) is 52.3 Å². The number of ether oxygens (including phenoxy) is 8. The van der Waals surface area contributed by atoms with E-state index in [1.54, 1.807) is 29.2 Å². The van der Waals surface area contributed by atoms with Crippen molar-refractivity contribution < 1.29 is 90.2 Å². The predicted octanol–water partition coefficient (Wildman–Crippen LogP) is 5.69. The highest BCUT2D eigenvalue weighted by Gasteiger charge is 2.47. The lowest BCUT2D eigenvalue weighted by Crippen LogP contribution is -2.58. The van der Waals surface area contributed by atoms with Gasteiger partial charge in [-0.1, -0.05) is 79.7 Å². The lowest BCUT2D eigenvalue weighted by atomic mass is 9.98. The summed E-state index contributed by atoms with van der Waals surface area (Å²) >= 11 is 0. The van der Waals surface area contributed by atoms with Crippen LogP contribution in [0, 0.1) is 17.7 Å². The first-order chi connectivity index (χ1) is 36.8. The van der Waals surface area contributed by atoms with Gasteiger partial charge in [0, 0.05) is 75.4 Å². The van der Waals surface area contributed by atoms with Crippen LogP contribution in [-0.4, -0.2) is 153 Å². The molecular weight excluding hydrogens is 1050 g/mol. The average Bonchev–Trinajstić information content (AvgIpc) is 3.67. The molecule has 0 radical (unpaired) electrons. The summed E-state index contributed by atoms with van der Waals surface area (Å²) in [4.78, 5) is 126. The lowest BCUT2D eigenvalue weighted by molar-refractivity contribution is -0.192. The molecule has 22 nitrogen and oxygen atoms in total. The van der Waals surface area contributed by atoms with E-state index < -0.39 is 109 Å². The number of carbonyl (C=O) groups excluding carboxylic acids is 10. The van der Waals surface area contributed by atoms with Crippen molar-refractivity contribution in [2.45, 2.75) is 203 Å². The number of nitrogens with one attached hydrogen (secondary N) is 3. The number of methoxy groups -OCH3 is 2. The van der Waals surface area contributed by atoms with Gasteiger partial charge in [-0.2, -0.15) is 0 Å². The van der Waals surface area contributed by atoms with E-state index >= 15 is 0 Å². The van der Waals surface area contributed by atoms with Gasteiger partial charge in [-0.05, 0) is 80.2 Å². The number of rotatable bonds is 26. The summed E-state index contributed by atoms with van der Waals surface area (Å²) in [6.45, 7) is 15.8. The Morgan fingerprint density at radius 3 is 1.38 bits per heavy atom. The van der Waals surface area contributed by atoms with Gasteiger partial charge in [-0.15, -0.1) is 0 Å². The number of likely N-dealkylation sites (tertiary alicyclic amines) is 1. The van der Waals surface area contributed by atoms with Gasteiger partial charge in [-0.25, -0.2) is 4.39 Å². The zero-order chi connectivity index (χ0) is 58.6. The zero-order valence-electron chi connectivity index (χ0n) is 47.0. The van der Waals surface area contributed by atoms with Crippen LogP contribution in [0.3, 0.4) is 0 Å². The maximum atomic E-state index is 13.7. The van der Waals surface area contributed by atoms with Crippen LogP contribution in [0.5, 0.6) is 0 Å². The van der Waals surface area contributed by atoms with Gasteiger partial charge in [0.1, 0.15) is 17.9 Å². The Bertz CT molecular complexity index is 2230. The topological polar surface area (TPSA) is 284 Å². The van der Waals surface area contributed by atoms with Crippen molar-refractivity contribution in [3.05, 3.63) is 60.0 Å². The molecule has 3 N–H and O–H groups in total. The van der Waals surface area contributed by atoms with Crippen LogP contribution in [0.2, 0.25) is 0 Å². The van der Waals surface area contributed by atoms with Crippen LogP contribution in [-0.2, 0) is 92.4 Å². The fourth-order valence-corrected chi connectivity index (χ4v) is 8.27. The largest absolute Gasteiger partial charge is 0.455 e. The first kappa shape index (κ1) is 73.2. The number of nitrogens with zero attached hydrogens (tertiary/aromatic N) is 1. The first-order valence-electron chi connectivity index (χ1n) is 26.2. The molecule has 2 heterocycles. The lowest BCUT2D eigenvalue weighted by Gasteiger charge is -2.34. The van der Waals surface area contributed by atoms with Crippen molar-refractivity contribution in [3.8, 4) is 0 Å². The zero-order valence-corrected chi connectivity index (χ0v) is 47.0. The number of hydrogen-bond acceptors (Lipinski definition) is 18. The minimum Gasteiger partial charge on any atom is -0.455 e. The summed E-state index contributed by atoms with van der Waals surface area (Å²) in [5, 5.41) is 8.06. The summed E-state index contributed by atoms with van der Waals surface area (Å²) in [7, 11) is 2.42. The van der Waals surface area contributed by atoms with Gasteiger partial charge >= 0.3 is 35.8 Å². The maximum Gasteiger partial charge on any atom is 0.303 e. The van der Waals surface area contributed by atoms with Crippen LogP contribution in [0.15, 0.2) is 48.6 Å². The predicted molar refractivity (Wildman–Crippen MR) is 292 cm³/mol. The van der Waals surface area contributed by atoms with Crippen LogP contribution >= 0.6 is 0 Å². The van der Waals surface area contributed by atoms with Gasteiger partial charge in [0.15, 0.2) is 48.8 Å². The van der Waals surface area contributed by atoms with Crippen molar-refractivity contribution in [2.24, 2.45) is 11.8 Å². The van der Waals surface area contributed by atoms with E-state index in [1.165, 1.54) is 52.4 Å². The molecular formula is C57H89FN4O18. The standard InChI is InChI=1S/C31H43FN2O9.C24H38N2O9.2CH4/c1-7-19(2)11-16-26(41-20(3)35)27(42-21(4)36)28(43-22(5)37)29(40-6)30(38)33-25-10-8-9-17-34(31(25)39)18-23-12-14-24(32)15-13-23;1-7-14(2)11-12-19(33-15(3)27)20(34-16(4)28)21(35-17(5)29)22(32-6)24(31)26-18-10-8-9-13-25-23(18)30;;/h11-16,19,25-29H,7-10,17-18H2,1-6H3,(H,33,38);11-12,14,18-22H,7-10,13H2,1-6H3,(H,25,30)(H,26,31);2*1H4/b16-11+;12-11+;;/t19?,25-,26+,27-,28+,29+;14?,18-,19+,20-,21+,22+;;/m00../s1. The minimum atomic E-state index is -1.55. The van der Waals surface area contributed by atoms with E-state index in [1.807, 2.05) is 27.7 Å². The van der Waals surface area contributed by atoms with Crippen molar-refractivity contribution in [1.29, 1.82) is 0 Å². The molecule has 12 atom stereocenters. The van der Waals surface area contributed by atoms with Gasteiger partial charge < -0.3 is 58.7 Å². The summed E-state index contributed by atoms with van der Waals surface area (Å²) < 4.78 is 56.8. The Labute approximate surface area is 471 Å². The molecule has 23 heteroatoms. The molecule has 80 heavy (non-hydrogen) atoms. The Morgan fingerprint density at radius 1 is 0.588 bits per heavy atom. The molecule has 2 saturated heterocycles. The molecule has 0 spiro atoms. The minimum absolute atomic E-state index is 0. The first-order valence-corrected chi connectivity index (χ1v) is 26.2. The molecule has 3 rings (SSSR count). The van der Waals surface area contributed by atoms with Gasteiger partial charge in [0.25, 0.3) is 11.8 Å². The Balaban J connectivity index is 0.00000155. The molecule has 2 fully saturated rings.